The van der Waals surface area contributed by atoms with E-state index in [0.29, 0.717) is 10.0 Å². The Hall–Kier alpha value is -0.810. The summed E-state index contributed by atoms with van der Waals surface area (Å²) in [6.07, 6.45) is 2.64. The van der Waals surface area contributed by atoms with Crippen LogP contribution in [0.5, 0.6) is 5.75 Å². The number of carbonyl (C=O) groups excluding carboxylic acids is 1. The molecule has 1 aromatic carbocycles. The number of aromatic hydroxyl groups is 1. The SMILES string of the molecule is NC(=O)C=Cc1cc(Br)cc(Br)c1O. The summed E-state index contributed by atoms with van der Waals surface area (Å²) in [5.41, 5.74) is 5.45. The highest BCUT2D eigenvalue weighted by molar-refractivity contribution is 9.11. The minimum atomic E-state index is -0.555. The molecule has 0 aliphatic rings. The van der Waals surface area contributed by atoms with Crippen LogP contribution in [0.3, 0.4) is 0 Å². The molecule has 0 aliphatic carbocycles. The number of primary amides is 1. The Morgan fingerprint density at radius 1 is 1.43 bits per heavy atom. The van der Waals surface area contributed by atoms with Gasteiger partial charge in [0, 0.05) is 16.1 Å². The number of hydrogen-bond acceptors (Lipinski definition) is 2. The van der Waals surface area contributed by atoms with Crippen molar-refractivity contribution in [2.75, 3.05) is 0 Å². The number of amides is 1. The van der Waals surface area contributed by atoms with Crippen molar-refractivity contribution >= 4 is 43.8 Å². The Bertz CT molecular complexity index is 402. The fourth-order valence-corrected chi connectivity index (χ4v) is 2.14. The van der Waals surface area contributed by atoms with Crippen LogP contribution in [-0.4, -0.2) is 11.0 Å². The first-order valence-corrected chi connectivity index (χ1v) is 5.25. The molecule has 0 spiro atoms. The van der Waals surface area contributed by atoms with Crippen LogP contribution in [0.15, 0.2) is 27.2 Å². The maximum absolute atomic E-state index is 10.5. The number of phenols is 1. The van der Waals surface area contributed by atoms with Crippen molar-refractivity contribution in [1.82, 2.24) is 0 Å². The standard InChI is InChI=1S/C9H7Br2NO2/c10-6-3-5(1-2-8(12)13)9(14)7(11)4-6/h1-4,14H,(H2,12,13). The van der Waals surface area contributed by atoms with Gasteiger partial charge in [0.1, 0.15) is 5.75 Å². The molecule has 0 saturated heterocycles. The lowest BCUT2D eigenvalue weighted by Crippen LogP contribution is -2.05. The summed E-state index contributed by atoms with van der Waals surface area (Å²) in [5, 5.41) is 9.56. The van der Waals surface area contributed by atoms with E-state index in [9.17, 15) is 9.90 Å². The molecule has 14 heavy (non-hydrogen) atoms. The van der Waals surface area contributed by atoms with E-state index in [1.807, 2.05) is 0 Å². The molecule has 0 unspecified atom stereocenters. The molecule has 3 N–H and O–H groups in total. The van der Waals surface area contributed by atoms with Crippen molar-refractivity contribution in [2.24, 2.45) is 5.73 Å². The Morgan fingerprint density at radius 3 is 2.64 bits per heavy atom. The van der Waals surface area contributed by atoms with E-state index in [-0.39, 0.29) is 5.75 Å². The number of rotatable bonds is 2. The zero-order valence-electron chi connectivity index (χ0n) is 7.00. The minimum Gasteiger partial charge on any atom is -0.506 e. The highest BCUT2D eigenvalue weighted by Gasteiger charge is 2.04. The molecule has 0 radical (unpaired) electrons. The van der Waals surface area contributed by atoms with Crippen molar-refractivity contribution in [3.8, 4) is 5.75 Å². The predicted molar refractivity (Wildman–Crippen MR) is 61.7 cm³/mol. The third-order valence-corrected chi connectivity index (χ3v) is 2.55. The van der Waals surface area contributed by atoms with Gasteiger partial charge >= 0.3 is 0 Å². The molecule has 3 nitrogen and oxygen atoms in total. The van der Waals surface area contributed by atoms with Crippen molar-refractivity contribution in [2.45, 2.75) is 0 Å². The number of benzene rings is 1. The molecule has 0 saturated carbocycles. The zero-order chi connectivity index (χ0) is 10.7. The van der Waals surface area contributed by atoms with Crippen molar-refractivity contribution in [3.05, 3.63) is 32.7 Å². The molecule has 1 amide bonds. The van der Waals surface area contributed by atoms with Crippen LogP contribution in [0.2, 0.25) is 0 Å². The molecule has 1 rings (SSSR count). The molecule has 1 aromatic rings. The Labute approximate surface area is 97.9 Å². The highest BCUT2D eigenvalue weighted by Crippen LogP contribution is 2.32. The molecule has 0 atom stereocenters. The van der Waals surface area contributed by atoms with Gasteiger partial charge in [-0.2, -0.15) is 0 Å². The minimum absolute atomic E-state index is 0.0747. The number of phenolic OH excluding ortho intramolecular Hbond substituents is 1. The molecule has 0 aliphatic heterocycles. The molecule has 0 heterocycles. The van der Waals surface area contributed by atoms with Gasteiger partial charge in [0.25, 0.3) is 0 Å². The quantitative estimate of drug-likeness (QED) is 0.822. The van der Waals surface area contributed by atoms with E-state index >= 15 is 0 Å². The molecular weight excluding hydrogens is 314 g/mol. The van der Waals surface area contributed by atoms with Crippen LogP contribution in [-0.2, 0) is 4.79 Å². The summed E-state index contributed by atoms with van der Waals surface area (Å²) in [6, 6.07) is 3.39. The van der Waals surface area contributed by atoms with Gasteiger partial charge in [-0.1, -0.05) is 15.9 Å². The van der Waals surface area contributed by atoms with E-state index < -0.39 is 5.91 Å². The van der Waals surface area contributed by atoms with E-state index in [0.717, 1.165) is 4.47 Å². The van der Waals surface area contributed by atoms with Gasteiger partial charge in [-0.3, -0.25) is 4.79 Å². The number of halogens is 2. The van der Waals surface area contributed by atoms with E-state index in [4.69, 9.17) is 5.73 Å². The average Bonchev–Trinajstić information content (AvgIpc) is 2.08. The van der Waals surface area contributed by atoms with Crippen molar-refractivity contribution < 1.29 is 9.90 Å². The Morgan fingerprint density at radius 2 is 2.07 bits per heavy atom. The van der Waals surface area contributed by atoms with Crippen LogP contribution in [0.25, 0.3) is 6.08 Å². The molecule has 0 fully saturated rings. The van der Waals surface area contributed by atoms with Gasteiger partial charge in [-0.05, 0) is 34.1 Å². The third kappa shape index (κ3) is 2.85. The largest absolute Gasteiger partial charge is 0.506 e. The summed E-state index contributed by atoms with van der Waals surface area (Å²) in [4.78, 5) is 10.5. The summed E-state index contributed by atoms with van der Waals surface area (Å²) in [6.45, 7) is 0. The van der Waals surface area contributed by atoms with Gasteiger partial charge in [0.05, 0.1) is 4.47 Å². The second-order valence-corrected chi connectivity index (χ2v) is 4.33. The fourth-order valence-electron chi connectivity index (χ4n) is 0.885. The van der Waals surface area contributed by atoms with E-state index in [1.54, 1.807) is 12.1 Å². The normalized spacial score (nSPS) is 10.7. The first-order valence-electron chi connectivity index (χ1n) is 3.66. The lowest BCUT2D eigenvalue weighted by Gasteiger charge is -2.02. The predicted octanol–water partition coefficient (Wildman–Crippen LogP) is 2.42. The fraction of sp³-hybridized carbons (Fsp3) is 0. The van der Waals surface area contributed by atoms with Gasteiger partial charge in [-0.15, -0.1) is 0 Å². The Kier molecular flexibility index (Phi) is 3.71. The second-order valence-electron chi connectivity index (χ2n) is 2.56. The molecule has 5 heteroatoms. The highest BCUT2D eigenvalue weighted by atomic mass is 79.9. The van der Waals surface area contributed by atoms with Crippen LogP contribution in [0.4, 0.5) is 0 Å². The maximum atomic E-state index is 10.5. The topological polar surface area (TPSA) is 63.3 Å². The van der Waals surface area contributed by atoms with Crippen LogP contribution in [0.1, 0.15) is 5.56 Å². The van der Waals surface area contributed by atoms with Gasteiger partial charge in [0.2, 0.25) is 5.91 Å². The lowest BCUT2D eigenvalue weighted by molar-refractivity contribution is -0.113. The van der Waals surface area contributed by atoms with Gasteiger partial charge in [-0.25, -0.2) is 0 Å². The number of carbonyl (C=O) groups is 1. The van der Waals surface area contributed by atoms with Crippen LogP contribution < -0.4 is 5.73 Å². The van der Waals surface area contributed by atoms with Crippen molar-refractivity contribution in [1.29, 1.82) is 0 Å². The molecular formula is C9H7Br2NO2. The summed E-state index contributed by atoms with van der Waals surface area (Å²) < 4.78 is 1.35. The summed E-state index contributed by atoms with van der Waals surface area (Å²) >= 11 is 6.44. The van der Waals surface area contributed by atoms with Crippen LogP contribution in [0, 0.1) is 0 Å². The first-order chi connectivity index (χ1) is 6.50. The summed E-state index contributed by atoms with van der Waals surface area (Å²) in [5.74, 6) is -0.480. The second kappa shape index (κ2) is 4.61. The third-order valence-electron chi connectivity index (χ3n) is 1.48. The lowest BCUT2D eigenvalue weighted by atomic mass is 10.2. The Balaban J connectivity index is 3.14. The van der Waals surface area contributed by atoms with Crippen LogP contribution >= 0.6 is 31.9 Å². The average molecular weight is 321 g/mol. The zero-order valence-corrected chi connectivity index (χ0v) is 10.2. The maximum Gasteiger partial charge on any atom is 0.241 e. The molecule has 0 bridgehead atoms. The smallest absolute Gasteiger partial charge is 0.241 e. The van der Waals surface area contributed by atoms with Gasteiger partial charge < -0.3 is 10.8 Å². The van der Waals surface area contributed by atoms with Gasteiger partial charge in [0.15, 0.2) is 0 Å². The molecule has 74 valence electrons. The molecule has 0 aromatic heterocycles. The first kappa shape index (κ1) is 11.3. The monoisotopic (exact) mass is 319 g/mol. The van der Waals surface area contributed by atoms with Crippen molar-refractivity contribution in [3.63, 3.8) is 0 Å². The van der Waals surface area contributed by atoms with E-state index in [1.165, 1.54) is 12.2 Å². The summed E-state index contributed by atoms with van der Waals surface area (Å²) in [7, 11) is 0. The number of nitrogens with two attached hydrogens (primary N) is 1. The number of hydrogen-bond donors (Lipinski definition) is 2. The van der Waals surface area contributed by atoms with E-state index in [2.05, 4.69) is 31.9 Å².